The predicted octanol–water partition coefficient (Wildman–Crippen LogP) is 4.49. The third-order valence-corrected chi connectivity index (χ3v) is 8.06. The molecule has 2 aromatic carbocycles. The minimum Gasteiger partial charge on any atom is -0.461 e. The fourth-order valence-electron chi connectivity index (χ4n) is 5.88. The quantitative estimate of drug-likeness (QED) is 0.227. The topological polar surface area (TPSA) is 123 Å². The summed E-state index contributed by atoms with van der Waals surface area (Å²) in [6.07, 6.45) is 5.66. The number of hydrogen-bond donors (Lipinski definition) is 3. The number of hydrogen-bond acceptors (Lipinski definition) is 5. The van der Waals surface area contributed by atoms with Crippen LogP contribution in [0, 0.1) is 12.7 Å². The molecule has 0 bridgehead atoms. The lowest BCUT2D eigenvalue weighted by atomic mass is 10.1. The van der Waals surface area contributed by atoms with Gasteiger partial charge in [0.15, 0.2) is 0 Å². The van der Waals surface area contributed by atoms with Crippen LogP contribution in [0.4, 0.5) is 10.1 Å². The van der Waals surface area contributed by atoms with E-state index >= 15 is 0 Å². The summed E-state index contributed by atoms with van der Waals surface area (Å²) in [4.78, 5) is 51.0. The number of carbonyl (C=O) groups is 3. The normalized spacial score (nSPS) is 18.0. The van der Waals surface area contributed by atoms with Crippen LogP contribution in [-0.4, -0.2) is 70.7 Å². The molecule has 3 N–H and O–H groups in total. The number of H-pyrrole nitrogens is 1. The van der Waals surface area contributed by atoms with Gasteiger partial charge in [0.05, 0.1) is 13.0 Å². The van der Waals surface area contributed by atoms with Crippen molar-refractivity contribution in [2.75, 3.05) is 31.5 Å². The predicted molar refractivity (Wildman–Crippen MR) is 162 cm³/mol. The van der Waals surface area contributed by atoms with Crippen LogP contribution in [0.5, 0.6) is 0 Å². The van der Waals surface area contributed by atoms with Crippen LogP contribution in [0.1, 0.15) is 43.4 Å². The molecule has 1 atom stereocenters. The highest BCUT2D eigenvalue weighted by atomic mass is 19.1. The van der Waals surface area contributed by atoms with Crippen LogP contribution < -0.4 is 10.6 Å². The second-order valence-corrected chi connectivity index (χ2v) is 11.3. The van der Waals surface area contributed by atoms with E-state index in [-0.39, 0.29) is 42.5 Å². The molecule has 2 aromatic heterocycles. The zero-order valence-corrected chi connectivity index (χ0v) is 24.1. The Hall–Kier alpha value is -4.67. The molecule has 3 amide bonds. The second-order valence-electron chi connectivity index (χ2n) is 11.3. The highest BCUT2D eigenvalue weighted by Gasteiger charge is 2.30. The van der Waals surface area contributed by atoms with Gasteiger partial charge in [-0.1, -0.05) is 0 Å². The molecule has 0 spiro atoms. The molecule has 0 radical (unpaired) electrons. The van der Waals surface area contributed by atoms with Crippen LogP contribution in [0.15, 0.2) is 58.1 Å². The van der Waals surface area contributed by atoms with Gasteiger partial charge in [-0.3, -0.25) is 19.7 Å². The van der Waals surface area contributed by atoms with Crippen molar-refractivity contribution in [1.29, 1.82) is 0 Å². The number of rotatable bonds is 6. The average molecular weight is 587 g/mol. The summed E-state index contributed by atoms with van der Waals surface area (Å²) >= 11 is 0. The Kier molecular flexibility index (Phi) is 8.13. The van der Waals surface area contributed by atoms with Crippen LogP contribution in [-0.2, 0) is 20.8 Å². The van der Waals surface area contributed by atoms with Gasteiger partial charge in [-0.05, 0) is 87.1 Å². The first kappa shape index (κ1) is 28.4. The number of aromatic nitrogens is 1. The molecule has 2 aliphatic heterocycles. The number of nitrogens with one attached hydrogen (secondary N) is 3. The molecule has 2 fully saturated rings. The average Bonchev–Trinajstić information content (AvgIpc) is 3.71. The maximum Gasteiger partial charge on any atom is 0.247 e. The summed E-state index contributed by atoms with van der Waals surface area (Å²) in [7, 11) is 0. The molecular formula is C32H35FN6O4. The number of anilines is 1. The van der Waals surface area contributed by atoms with Crippen molar-refractivity contribution < 1.29 is 23.2 Å². The van der Waals surface area contributed by atoms with Gasteiger partial charge in [0.25, 0.3) is 0 Å². The minimum atomic E-state index is -0.765. The number of carbonyl (C=O) groups excluding carboxylic acids is 3. The van der Waals surface area contributed by atoms with E-state index in [4.69, 9.17) is 9.41 Å². The van der Waals surface area contributed by atoms with E-state index in [0.29, 0.717) is 29.6 Å². The minimum absolute atomic E-state index is 0.0286. The van der Waals surface area contributed by atoms with Crippen molar-refractivity contribution in [2.24, 2.45) is 4.99 Å². The lowest BCUT2D eigenvalue weighted by Crippen LogP contribution is -2.45. The summed E-state index contributed by atoms with van der Waals surface area (Å²) in [6, 6.07) is 11.1. The molecule has 43 heavy (non-hydrogen) atoms. The zero-order chi connectivity index (χ0) is 29.9. The van der Waals surface area contributed by atoms with E-state index in [1.54, 1.807) is 17.2 Å². The number of likely N-dealkylation sites (tertiary alicyclic amines) is 2. The summed E-state index contributed by atoms with van der Waals surface area (Å²) in [5, 5.41) is 7.54. The molecule has 10 nitrogen and oxygen atoms in total. The molecule has 0 unspecified atom stereocenters. The first-order valence-corrected chi connectivity index (χ1v) is 14.8. The SMILES string of the molecule is Cc1cc2cc(NC(=N[C@H]3CCCCN(CC(=O)N4CCCC4)C3=O)NC(=O)Cc3c[nH]c4ccc(F)cc34)ccc2o1. The summed E-state index contributed by atoms with van der Waals surface area (Å²) in [5.74, 6) is -0.132. The number of aliphatic imine (C=N–C) groups is 1. The Balaban J connectivity index is 1.25. The maximum absolute atomic E-state index is 13.9. The van der Waals surface area contributed by atoms with Gasteiger partial charge >= 0.3 is 0 Å². The van der Waals surface area contributed by atoms with Crippen molar-refractivity contribution in [3.8, 4) is 0 Å². The molecule has 2 aliphatic rings. The number of fused-ring (bicyclic) bond motifs is 2. The molecule has 224 valence electrons. The van der Waals surface area contributed by atoms with Crippen molar-refractivity contribution in [1.82, 2.24) is 20.1 Å². The van der Waals surface area contributed by atoms with Crippen molar-refractivity contribution in [2.45, 2.75) is 51.5 Å². The first-order chi connectivity index (χ1) is 20.8. The Morgan fingerprint density at radius 2 is 1.88 bits per heavy atom. The molecule has 4 aromatic rings. The summed E-state index contributed by atoms with van der Waals surface area (Å²) in [5.41, 5.74) is 2.75. The highest BCUT2D eigenvalue weighted by molar-refractivity contribution is 6.07. The third-order valence-electron chi connectivity index (χ3n) is 8.06. The molecular weight excluding hydrogens is 551 g/mol. The number of nitrogens with zero attached hydrogens (tertiary/aromatic N) is 3. The fourth-order valence-corrected chi connectivity index (χ4v) is 5.88. The van der Waals surface area contributed by atoms with Gasteiger partial charge in [0, 0.05) is 47.8 Å². The van der Waals surface area contributed by atoms with Gasteiger partial charge in [0.1, 0.15) is 23.2 Å². The molecule has 0 saturated carbocycles. The van der Waals surface area contributed by atoms with Gasteiger partial charge < -0.3 is 24.5 Å². The second kappa shape index (κ2) is 12.3. The van der Waals surface area contributed by atoms with Crippen LogP contribution in [0.25, 0.3) is 21.9 Å². The molecule has 0 aliphatic carbocycles. The number of guanidine groups is 1. The third kappa shape index (κ3) is 6.55. The van der Waals surface area contributed by atoms with Crippen LogP contribution in [0.2, 0.25) is 0 Å². The van der Waals surface area contributed by atoms with E-state index in [0.717, 1.165) is 61.0 Å². The summed E-state index contributed by atoms with van der Waals surface area (Å²) < 4.78 is 19.6. The number of furan rings is 1. The number of amides is 3. The van der Waals surface area contributed by atoms with Crippen molar-refractivity contribution in [3.05, 3.63) is 65.8 Å². The molecule has 2 saturated heterocycles. The van der Waals surface area contributed by atoms with Crippen LogP contribution in [0.3, 0.4) is 0 Å². The Morgan fingerprint density at radius 1 is 1.07 bits per heavy atom. The molecule has 11 heteroatoms. The smallest absolute Gasteiger partial charge is 0.247 e. The van der Waals surface area contributed by atoms with Crippen LogP contribution >= 0.6 is 0 Å². The van der Waals surface area contributed by atoms with E-state index in [1.807, 2.05) is 36.1 Å². The fraction of sp³-hybridized carbons (Fsp3) is 0.375. The van der Waals surface area contributed by atoms with Gasteiger partial charge in [-0.15, -0.1) is 0 Å². The van der Waals surface area contributed by atoms with E-state index in [1.165, 1.54) is 12.1 Å². The number of benzene rings is 2. The van der Waals surface area contributed by atoms with Crippen molar-refractivity contribution in [3.63, 3.8) is 0 Å². The lowest BCUT2D eigenvalue weighted by molar-refractivity contribution is -0.140. The monoisotopic (exact) mass is 586 g/mol. The zero-order valence-electron chi connectivity index (χ0n) is 24.1. The molecule has 4 heterocycles. The number of aryl methyl sites for hydroxylation is 1. The van der Waals surface area contributed by atoms with E-state index in [9.17, 15) is 18.8 Å². The van der Waals surface area contributed by atoms with Gasteiger partial charge in [-0.2, -0.15) is 0 Å². The number of halogens is 1. The largest absolute Gasteiger partial charge is 0.461 e. The Bertz CT molecular complexity index is 1700. The van der Waals surface area contributed by atoms with E-state index in [2.05, 4.69) is 15.6 Å². The molecule has 6 rings (SSSR count). The first-order valence-electron chi connectivity index (χ1n) is 14.8. The Morgan fingerprint density at radius 3 is 2.72 bits per heavy atom. The lowest BCUT2D eigenvalue weighted by Gasteiger charge is -2.25. The highest BCUT2D eigenvalue weighted by Crippen LogP contribution is 2.24. The van der Waals surface area contributed by atoms with Gasteiger partial charge in [-0.25, -0.2) is 9.38 Å². The standard InChI is InChI=1S/C32H35FN6O4/c1-20-14-21-15-24(8-10-28(21)43-20)35-32(37-29(40)16-22-18-34-26-9-7-23(33)17-25(22)26)36-27-6-2-3-13-39(31(27)42)19-30(41)38-11-4-5-12-38/h7-10,14-15,17-18,27,34H,2-6,11-13,16,19H2,1H3,(H2,35,36,37,40)/t27-/m0/s1. The van der Waals surface area contributed by atoms with Gasteiger partial charge in [0.2, 0.25) is 23.7 Å². The maximum atomic E-state index is 13.9. The van der Waals surface area contributed by atoms with Crippen molar-refractivity contribution >= 4 is 51.2 Å². The number of aromatic amines is 1. The Labute approximate surface area is 248 Å². The summed E-state index contributed by atoms with van der Waals surface area (Å²) in [6.45, 7) is 3.85. The van der Waals surface area contributed by atoms with E-state index < -0.39 is 6.04 Å².